The van der Waals surface area contributed by atoms with Crippen LogP contribution in [0.15, 0.2) is 0 Å². The van der Waals surface area contributed by atoms with Crippen LogP contribution in [0.1, 0.15) is 19.8 Å². The van der Waals surface area contributed by atoms with Crippen LogP contribution in [0.3, 0.4) is 0 Å². The highest BCUT2D eigenvalue weighted by atomic mass is 32.4. The molecule has 0 saturated heterocycles. The maximum absolute atomic E-state index is 2.29. The van der Waals surface area contributed by atoms with Crippen LogP contribution in [-0.4, -0.2) is 11.8 Å². The van der Waals surface area contributed by atoms with Crippen LogP contribution < -0.4 is 0 Å². The Labute approximate surface area is 56.7 Å². The van der Waals surface area contributed by atoms with E-state index in [0.29, 0.717) is 0 Å². The van der Waals surface area contributed by atoms with Crippen LogP contribution in [0, 0.1) is 0 Å². The largest absolute Gasteiger partial charge is 0.0953 e. The summed E-state index contributed by atoms with van der Waals surface area (Å²) in [5.74, 6) is 0. The number of hydrogen-bond donors (Lipinski definition) is 0. The second-order valence-electron chi connectivity index (χ2n) is 2.07. The molecule has 0 amide bonds. The predicted octanol–water partition coefficient (Wildman–Crippen LogP) is 3.03. The van der Waals surface area contributed by atoms with Gasteiger partial charge < -0.3 is 0 Å². The molecule has 1 fully saturated rings. The minimum absolute atomic E-state index is 1.20. The topological polar surface area (TPSA) is 0 Å². The quantitative estimate of drug-likeness (QED) is 0.444. The standard InChI is InChI=1S/C5H13P3/c1-2-6-8-7-5-3-4-5/h5-8H,2-4H2,1H3. The van der Waals surface area contributed by atoms with Gasteiger partial charge in [-0.2, -0.15) is 0 Å². The van der Waals surface area contributed by atoms with Gasteiger partial charge in [-0.05, 0) is 24.7 Å². The van der Waals surface area contributed by atoms with Crippen molar-refractivity contribution in [2.45, 2.75) is 25.4 Å². The lowest BCUT2D eigenvalue weighted by Crippen LogP contribution is -1.54. The zero-order valence-corrected chi connectivity index (χ0v) is 8.20. The summed E-state index contributed by atoms with van der Waals surface area (Å²) in [4.78, 5) is 0. The Morgan fingerprint density at radius 2 is 2.25 bits per heavy atom. The molecule has 1 rings (SSSR count). The highest BCUT2D eigenvalue weighted by molar-refractivity contribution is 8.43. The average Bonchev–Trinajstić information content (AvgIpc) is 2.51. The highest BCUT2D eigenvalue weighted by Crippen LogP contribution is 2.60. The van der Waals surface area contributed by atoms with Crippen LogP contribution in [-0.2, 0) is 0 Å². The van der Waals surface area contributed by atoms with Gasteiger partial charge in [0.05, 0.1) is 0 Å². The van der Waals surface area contributed by atoms with E-state index in [9.17, 15) is 0 Å². The van der Waals surface area contributed by atoms with E-state index in [2.05, 4.69) is 6.92 Å². The minimum Gasteiger partial charge on any atom is -0.0953 e. The van der Waals surface area contributed by atoms with E-state index in [1.54, 1.807) is 12.8 Å². The molecule has 3 heteroatoms. The lowest BCUT2D eigenvalue weighted by Gasteiger charge is -1.94. The zero-order chi connectivity index (χ0) is 5.82. The summed E-state index contributed by atoms with van der Waals surface area (Å²) in [5, 5.41) is 0. The van der Waals surface area contributed by atoms with Gasteiger partial charge in [-0.3, -0.25) is 0 Å². The molecule has 0 aromatic carbocycles. The van der Waals surface area contributed by atoms with Gasteiger partial charge in [0.25, 0.3) is 0 Å². The van der Waals surface area contributed by atoms with E-state index in [1.807, 2.05) is 0 Å². The molecule has 0 heterocycles. The molecule has 3 atom stereocenters. The lowest BCUT2D eigenvalue weighted by atomic mass is 11.0. The summed E-state index contributed by atoms with van der Waals surface area (Å²) < 4.78 is 0. The van der Waals surface area contributed by atoms with E-state index in [4.69, 9.17) is 0 Å². The minimum atomic E-state index is 1.20. The number of hydrogen-bond acceptors (Lipinski definition) is 0. The first kappa shape index (κ1) is 7.40. The average molecular weight is 166 g/mol. The van der Waals surface area contributed by atoms with Gasteiger partial charge in [0.1, 0.15) is 0 Å². The Morgan fingerprint density at radius 3 is 2.75 bits per heavy atom. The summed E-state index contributed by atoms with van der Waals surface area (Å²) in [5.41, 5.74) is 1.20. The van der Waals surface area contributed by atoms with Crippen LogP contribution in [0.25, 0.3) is 0 Å². The van der Waals surface area contributed by atoms with Crippen molar-refractivity contribution in [2.75, 3.05) is 6.16 Å². The van der Waals surface area contributed by atoms with Crippen molar-refractivity contribution in [3.8, 4) is 0 Å². The molecule has 1 saturated carbocycles. The van der Waals surface area contributed by atoms with Gasteiger partial charge >= 0.3 is 0 Å². The SMILES string of the molecule is CCPPPC1CC1. The Hall–Kier alpha value is 1.29. The second-order valence-corrected chi connectivity index (χ2v) is 9.42. The molecule has 0 aromatic heterocycles. The lowest BCUT2D eigenvalue weighted by molar-refractivity contribution is 1.50. The molecule has 0 N–H and O–H groups in total. The first-order valence-electron chi connectivity index (χ1n) is 3.17. The first-order chi connectivity index (χ1) is 3.93. The monoisotopic (exact) mass is 166 g/mol. The third-order valence-electron chi connectivity index (χ3n) is 1.12. The molecular weight excluding hydrogens is 153 g/mol. The van der Waals surface area contributed by atoms with Gasteiger partial charge in [-0.15, -0.1) is 0 Å². The zero-order valence-electron chi connectivity index (χ0n) is 5.20. The highest BCUT2D eigenvalue weighted by Gasteiger charge is 2.19. The van der Waals surface area contributed by atoms with Gasteiger partial charge in [-0.1, -0.05) is 31.4 Å². The van der Waals surface area contributed by atoms with Gasteiger partial charge in [0.15, 0.2) is 0 Å². The Morgan fingerprint density at radius 1 is 1.50 bits per heavy atom. The Kier molecular flexibility index (Phi) is 3.85. The van der Waals surface area contributed by atoms with E-state index in [-0.39, 0.29) is 0 Å². The summed E-state index contributed by atoms with van der Waals surface area (Å²) in [6, 6.07) is 0. The number of rotatable bonds is 4. The van der Waals surface area contributed by atoms with Crippen molar-refractivity contribution in [1.82, 2.24) is 0 Å². The fraction of sp³-hybridized carbons (Fsp3) is 1.00. The van der Waals surface area contributed by atoms with Crippen molar-refractivity contribution < 1.29 is 0 Å². The van der Waals surface area contributed by atoms with Crippen LogP contribution in [0.4, 0.5) is 0 Å². The van der Waals surface area contributed by atoms with E-state index >= 15 is 0 Å². The molecule has 0 aromatic rings. The molecule has 0 nitrogen and oxygen atoms in total. The first-order valence-corrected chi connectivity index (χ1v) is 8.45. The summed E-state index contributed by atoms with van der Waals surface area (Å²) >= 11 is 0. The van der Waals surface area contributed by atoms with Gasteiger partial charge in [0.2, 0.25) is 0 Å². The van der Waals surface area contributed by atoms with Crippen LogP contribution in [0.5, 0.6) is 0 Å². The van der Waals surface area contributed by atoms with E-state index in [0.717, 1.165) is 0 Å². The summed E-state index contributed by atoms with van der Waals surface area (Å²) in [6.07, 6.45) is 4.54. The van der Waals surface area contributed by atoms with Crippen molar-refractivity contribution >= 4 is 24.5 Å². The van der Waals surface area contributed by atoms with Gasteiger partial charge in [-0.25, -0.2) is 0 Å². The molecule has 0 radical (unpaired) electrons. The summed E-state index contributed by atoms with van der Waals surface area (Å²) in [6.45, 7) is 2.29. The Bertz CT molecular complexity index is 60.7. The smallest absolute Gasteiger partial charge is 0.0197 e. The maximum atomic E-state index is 2.29. The molecule has 48 valence electrons. The molecule has 0 bridgehead atoms. The summed E-state index contributed by atoms with van der Waals surface area (Å²) in [7, 11) is 3.97. The van der Waals surface area contributed by atoms with Crippen LogP contribution >= 0.6 is 24.5 Å². The van der Waals surface area contributed by atoms with E-state index in [1.165, 1.54) is 36.3 Å². The molecule has 1 aliphatic rings. The predicted molar refractivity (Wildman–Crippen MR) is 48.5 cm³/mol. The van der Waals surface area contributed by atoms with E-state index < -0.39 is 0 Å². The molecule has 0 spiro atoms. The molecule has 1 aliphatic carbocycles. The maximum Gasteiger partial charge on any atom is -0.0197 e. The molecular formula is C5H13P3. The van der Waals surface area contributed by atoms with Crippen LogP contribution in [0.2, 0.25) is 0 Å². The van der Waals surface area contributed by atoms with Gasteiger partial charge in [0, 0.05) is 0 Å². The third kappa shape index (κ3) is 3.34. The van der Waals surface area contributed by atoms with Crippen molar-refractivity contribution in [1.29, 1.82) is 0 Å². The molecule has 0 aliphatic heterocycles. The van der Waals surface area contributed by atoms with Crippen molar-refractivity contribution in [2.24, 2.45) is 0 Å². The molecule has 3 unspecified atom stereocenters. The third-order valence-corrected chi connectivity index (χ3v) is 8.92. The van der Waals surface area contributed by atoms with Crippen molar-refractivity contribution in [3.63, 3.8) is 0 Å². The fourth-order valence-electron chi connectivity index (χ4n) is 0.469. The molecule has 8 heavy (non-hydrogen) atoms. The normalized spacial score (nSPS) is 23.6. The second kappa shape index (κ2) is 4.16. The fourth-order valence-corrected chi connectivity index (χ4v) is 8.07. The van der Waals surface area contributed by atoms with Crippen molar-refractivity contribution in [3.05, 3.63) is 0 Å². The Balaban J connectivity index is 1.74.